The van der Waals surface area contributed by atoms with Crippen LogP contribution in [0.3, 0.4) is 0 Å². The van der Waals surface area contributed by atoms with Crippen molar-refractivity contribution in [3.8, 4) is 12.1 Å². The first kappa shape index (κ1) is 14.7. The zero-order valence-corrected chi connectivity index (χ0v) is 13.3. The maximum absolute atomic E-state index is 9.39. The van der Waals surface area contributed by atoms with Gasteiger partial charge in [-0.05, 0) is 30.9 Å². The highest BCUT2D eigenvalue weighted by atomic mass is 15.2. The van der Waals surface area contributed by atoms with Crippen LogP contribution in [0.5, 0.6) is 0 Å². The van der Waals surface area contributed by atoms with Gasteiger partial charge in [-0.3, -0.25) is 0 Å². The van der Waals surface area contributed by atoms with Crippen LogP contribution in [-0.4, -0.2) is 23.1 Å². The number of rotatable bonds is 3. The Kier molecular flexibility index (Phi) is 3.63. The average Bonchev–Trinajstić information content (AvgIpc) is 3.38. The minimum atomic E-state index is 0.298. The fraction of sp³-hybridized carbons (Fsp3) is 0.368. The van der Waals surface area contributed by atoms with Gasteiger partial charge in [0, 0.05) is 24.9 Å². The third kappa shape index (κ3) is 2.59. The van der Waals surface area contributed by atoms with E-state index in [4.69, 9.17) is 0 Å². The molecular weight excluding hydrogens is 298 g/mol. The van der Waals surface area contributed by atoms with Crippen LogP contribution in [0.1, 0.15) is 53.6 Å². The molecular formula is C19H17N5. The first-order chi connectivity index (χ1) is 11.8. The van der Waals surface area contributed by atoms with Gasteiger partial charge < -0.3 is 4.90 Å². The molecule has 118 valence electrons. The number of anilines is 1. The zero-order valence-electron chi connectivity index (χ0n) is 13.3. The van der Waals surface area contributed by atoms with Crippen LogP contribution in [0.2, 0.25) is 0 Å². The van der Waals surface area contributed by atoms with Crippen molar-refractivity contribution >= 4 is 5.82 Å². The molecule has 1 aromatic carbocycles. The number of hydrogen-bond acceptors (Lipinski definition) is 5. The molecule has 0 N–H and O–H groups in total. The minimum absolute atomic E-state index is 0.298. The van der Waals surface area contributed by atoms with Gasteiger partial charge in [0.1, 0.15) is 23.3 Å². The third-order valence-corrected chi connectivity index (χ3v) is 4.86. The lowest BCUT2D eigenvalue weighted by Crippen LogP contribution is -2.22. The second-order valence-electron chi connectivity index (χ2n) is 6.48. The summed E-state index contributed by atoms with van der Waals surface area (Å²) in [4.78, 5) is 11.2. The van der Waals surface area contributed by atoms with E-state index in [1.165, 1.54) is 0 Å². The predicted molar refractivity (Wildman–Crippen MR) is 89.5 cm³/mol. The Morgan fingerprint density at radius 1 is 1.00 bits per heavy atom. The second kappa shape index (κ2) is 5.94. The van der Waals surface area contributed by atoms with Gasteiger partial charge in [0.2, 0.25) is 0 Å². The highest BCUT2D eigenvalue weighted by molar-refractivity contribution is 5.55. The first-order valence-corrected chi connectivity index (χ1v) is 8.31. The van der Waals surface area contributed by atoms with Gasteiger partial charge in [0.15, 0.2) is 0 Å². The Balaban J connectivity index is 1.62. The highest BCUT2D eigenvalue weighted by Gasteiger charge is 2.31. The van der Waals surface area contributed by atoms with Gasteiger partial charge in [0.05, 0.1) is 17.8 Å². The van der Waals surface area contributed by atoms with Gasteiger partial charge in [-0.15, -0.1) is 0 Å². The molecule has 0 radical (unpaired) electrons. The summed E-state index contributed by atoms with van der Waals surface area (Å²) in [5, 5.41) is 18.7. The van der Waals surface area contributed by atoms with Gasteiger partial charge >= 0.3 is 0 Å². The van der Waals surface area contributed by atoms with Crippen molar-refractivity contribution in [1.82, 2.24) is 9.97 Å². The van der Waals surface area contributed by atoms with Crippen LogP contribution in [0, 0.1) is 22.7 Å². The van der Waals surface area contributed by atoms with E-state index >= 15 is 0 Å². The molecule has 1 saturated heterocycles. The zero-order chi connectivity index (χ0) is 16.5. The van der Waals surface area contributed by atoms with Crippen LogP contribution in [-0.2, 0) is 0 Å². The van der Waals surface area contributed by atoms with E-state index < -0.39 is 0 Å². The van der Waals surface area contributed by atoms with E-state index in [0.29, 0.717) is 17.4 Å². The Hall–Kier alpha value is -2.92. The molecule has 2 fully saturated rings. The third-order valence-electron chi connectivity index (χ3n) is 4.86. The summed E-state index contributed by atoms with van der Waals surface area (Å²) in [6.45, 7) is 1.63. The van der Waals surface area contributed by atoms with Crippen molar-refractivity contribution in [1.29, 1.82) is 10.5 Å². The predicted octanol–water partition coefficient (Wildman–Crippen LogP) is 3.09. The van der Waals surface area contributed by atoms with Crippen LogP contribution in [0.4, 0.5) is 5.82 Å². The molecule has 24 heavy (non-hydrogen) atoms. The summed E-state index contributed by atoms with van der Waals surface area (Å²) in [6.07, 6.45) is 4.91. The largest absolute Gasteiger partial charge is 0.355 e. The molecule has 2 aromatic rings. The Labute approximate surface area is 141 Å². The van der Waals surface area contributed by atoms with Crippen molar-refractivity contribution in [2.24, 2.45) is 0 Å². The van der Waals surface area contributed by atoms with E-state index in [1.54, 1.807) is 6.20 Å². The van der Waals surface area contributed by atoms with Gasteiger partial charge in [-0.25, -0.2) is 9.97 Å². The fourth-order valence-electron chi connectivity index (χ4n) is 3.41. The number of nitrogens with zero attached hydrogens (tertiary/aromatic N) is 5. The van der Waals surface area contributed by atoms with Gasteiger partial charge in [-0.1, -0.05) is 18.2 Å². The lowest BCUT2D eigenvalue weighted by molar-refractivity contribution is 0.770. The molecule has 2 heterocycles. The molecule has 0 amide bonds. The minimum Gasteiger partial charge on any atom is -0.355 e. The molecule has 1 aliphatic carbocycles. The van der Waals surface area contributed by atoms with Crippen molar-refractivity contribution in [2.45, 2.75) is 31.1 Å². The molecule has 1 aromatic heterocycles. The number of hydrogen-bond donors (Lipinski definition) is 0. The summed E-state index contributed by atoms with van der Waals surface area (Å²) in [7, 11) is 0. The summed E-state index contributed by atoms with van der Waals surface area (Å²) in [6, 6.07) is 12.3. The first-order valence-electron chi connectivity index (χ1n) is 8.31. The fourth-order valence-corrected chi connectivity index (χ4v) is 3.41. The molecule has 5 heteroatoms. The maximum Gasteiger partial charge on any atom is 0.150 e. The molecule has 4 rings (SSSR count). The molecule has 0 unspecified atom stereocenters. The lowest BCUT2D eigenvalue weighted by atomic mass is 9.94. The van der Waals surface area contributed by atoms with Crippen LogP contribution in [0.15, 0.2) is 30.5 Å². The summed E-state index contributed by atoms with van der Waals surface area (Å²) < 4.78 is 0. The van der Waals surface area contributed by atoms with E-state index in [1.807, 2.05) is 24.3 Å². The summed E-state index contributed by atoms with van der Waals surface area (Å²) in [5.74, 6) is 2.39. The second-order valence-corrected chi connectivity index (χ2v) is 6.48. The lowest BCUT2D eigenvalue weighted by Gasteiger charge is -2.19. The van der Waals surface area contributed by atoms with E-state index in [-0.39, 0.29) is 0 Å². The summed E-state index contributed by atoms with van der Waals surface area (Å²) >= 11 is 0. The highest BCUT2D eigenvalue weighted by Crippen LogP contribution is 2.39. The quantitative estimate of drug-likeness (QED) is 0.870. The Bertz CT molecular complexity index is 857. The number of benzene rings is 1. The van der Waals surface area contributed by atoms with Crippen molar-refractivity contribution in [3.05, 3.63) is 53.0 Å². The van der Waals surface area contributed by atoms with E-state index in [2.05, 4.69) is 27.0 Å². The molecule has 0 spiro atoms. The smallest absolute Gasteiger partial charge is 0.150 e. The Morgan fingerprint density at radius 3 is 2.54 bits per heavy atom. The maximum atomic E-state index is 9.39. The van der Waals surface area contributed by atoms with Crippen molar-refractivity contribution in [3.63, 3.8) is 0 Å². The van der Waals surface area contributed by atoms with Crippen molar-refractivity contribution < 1.29 is 0 Å². The molecule has 1 atom stereocenters. The van der Waals surface area contributed by atoms with Crippen molar-refractivity contribution in [2.75, 3.05) is 18.0 Å². The van der Waals surface area contributed by atoms with E-state index in [0.717, 1.165) is 55.1 Å². The number of nitriles is 2. The van der Waals surface area contributed by atoms with E-state index in [9.17, 15) is 10.5 Å². The number of aromatic nitrogens is 2. The molecule has 2 aliphatic rings. The van der Waals surface area contributed by atoms with Crippen LogP contribution >= 0.6 is 0 Å². The van der Waals surface area contributed by atoms with Gasteiger partial charge in [-0.2, -0.15) is 10.5 Å². The monoisotopic (exact) mass is 315 g/mol. The summed E-state index contributed by atoms with van der Waals surface area (Å²) in [5.41, 5.74) is 2.37. The molecule has 0 bridgehead atoms. The normalized spacial score (nSPS) is 19.8. The topological polar surface area (TPSA) is 76.6 Å². The molecule has 1 aliphatic heterocycles. The average molecular weight is 315 g/mol. The van der Waals surface area contributed by atoms with Crippen LogP contribution in [0.25, 0.3) is 0 Å². The molecule has 5 nitrogen and oxygen atoms in total. The molecule has 1 saturated carbocycles. The van der Waals surface area contributed by atoms with Crippen LogP contribution < -0.4 is 4.90 Å². The Morgan fingerprint density at radius 2 is 1.79 bits per heavy atom. The SMILES string of the molecule is N#Cc1ccccc1[C@@H]1CCN(c2nc(C3CC3)ncc2C#N)C1. The standard InChI is InChI=1S/C19H17N5/c20-9-14-3-1-2-4-17(14)15-7-8-24(12-15)19-16(10-21)11-22-18(23-19)13-5-6-13/h1-4,11,13,15H,5-8,12H2/t15-/m1/s1. The van der Waals surface area contributed by atoms with Gasteiger partial charge in [0.25, 0.3) is 0 Å².